The molecule has 4 aromatic rings. The Labute approximate surface area is 242 Å². The first-order valence-corrected chi connectivity index (χ1v) is 13.9. The fraction of sp³-hybridized carbons (Fsp3) is 0.290. The molecule has 0 spiro atoms. The largest absolute Gasteiger partial charge is 0.363 e. The SMILES string of the molecule is Cc1c(N2CCN(Cc3ccccc3Cl)CC2)c(=O)n(CC(N)c2ccccc2)c(=O)n1Cc1c(F)cccc1F. The molecular weight excluding hydrogens is 548 g/mol. The molecule has 1 unspecified atom stereocenters. The van der Waals surface area contributed by atoms with E-state index >= 15 is 0 Å². The predicted octanol–water partition coefficient (Wildman–Crippen LogP) is 4.32. The molecule has 0 radical (unpaired) electrons. The van der Waals surface area contributed by atoms with E-state index in [0.29, 0.717) is 49.1 Å². The summed E-state index contributed by atoms with van der Waals surface area (Å²) in [6.07, 6.45) is 0. The van der Waals surface area contributed by atoms with Crippen LogP contribution in [-0.4, -0.2) is 40.2 Å². The molecular formula is C31H32ClF2N5O2. The number of aromatic nitrogens is 2. The van der Waals surface area contributed by atoms with Gasteiger partial charge in [0.1, 0.15) is 17.3 Å². The molecule has 7 nitrogen and oxygen atoms in total. The second-order valence-electron chi connectivity index (χ2n) is 10.3. The molecule has 1 aliphatic rings. The molecule has 1 atom stereocenters. The van der Waals surface area contributed by atoms with Crippen molar-refractivity contribution in [2.45, 2.75) is 32.6 Å². The monoisotopic (exact) mass is 579 g/mol. The van der Waals surface area contributed by atoms with E-state index in [2.05, 4.69) is 4.90 Å². The van der Waals surface area contributed by atoms with E-state index in [-0.39, 0.29) is 18.7 Å². The van der Waals surface area contributed by atoms with Crippen LogP contribution < -0.4 is 21.9 Å². The highest BCUT2D eigenvalue weighted by Crippen LogP contribution is 2.22. The normalized spacial score (nSPS) is 14.8. The van der Waals surface area contributed by atoms with E-state index in [4.69, 9.17) is 17.3 Å². The van der Waals surface area contributed by atoms with E-state index in [9.17, 15) is 18.4 Å². The predicted molar refractivity (Wildman–Crippen MR) is 157 cm³/mol. The van der Waals surface area contributed by atoms with Crippen molar-refractivity contribution < 1.29 is 8.78 Å². The zero-order valence-corrected chi connectivity index (χ0v) is 23.5. The minimum absolute atomic E-state index is 0.0822. The summed E-state index contributed by atoms with van der Waals surface area (Å²) in [5.74, 6) is -1.52. The van der Waals surface area contributed by atoms with Crippen molar-refractivity contribution >= 4 is 17.3 Å². The lowest BCUT2D eigenvalue weighted by atomic mass is 10.1. The summed E-state index contributed by atoms with van der Waals surface area (Å²) in [7, 11) is 0. The van der Waals surface area contributed by atoms with Crippen LogP contribution in [0.3, 0.4) is 0 Å². The van der Waals surface area contributed by atoms with Crippen LogP contribution in [-0.2, 0) is 19.6 Å². The number of hydrogen-bond donors (Lipinski definition) is 1. The zero-order chi connectivity index (χ0) is 29.1. The first kappa shape index (κ1) is 28.7. The molecule has 2 N–H and O–H groups in total. The minimum atomic E-state index is -0.759. The summed E-state index contributed by atoms with van der Waals surface area (Å²) in [6, 6.07) is 19.8. The summed E-state index contributed by atoms with van der Waals surface area (Å²) in [5, 5.41) is 0.705. The lowest BCUT2D eigenvalue weighted by Crippen LogP contribution is -2.51. The zero-order valence-electron chi connectivity index (χ0n) is 22.8. The van der Waals surface area contributed by atoms with Crippen LogP contribution in [0.4, 0.5) is 14.5 Å². The van der Waals surface area contributed by atoms with Gasteiger partial charge in [-0.25, -0.2) is 13.6 Å². The highest BCUT2D eigenvalue weighted by atomic mass is 35.5. The molecule has 1 saturated heterocycles. The third kappa shape index (κ3) is 6.12. The number of rotatable bonds is 8. The van der Waals surface area contributed by atoms with Crippen LogP contribution in [0.2, 0.25) is 5.02 Å². The van der Waals surface area contributed by atoms with E-state index in [1.54, 1.807) is 6.92 Å². The van der Waals surface area contributed by atoms with Crippen molar-refractivity contribution in [2.75, 3.05) is 31.1 Å². The maximum absolute atomic E-state index is 14.6. The van der Waals surface area contributed by atoms with Crippen molar-refractivity contribution in [2.24, 2.45) is 5.73 Å². The third-order valence-corrected chi connectivity index (χ3v) is 8.05. The van der Waals surface area contributed by atoms with E-state index < -0.39 is 28.9 Å². The molecule has 0 bridgehead atoms. The van der Waals surface area contributed by atoms with Gasteiger partial charge in [-0.05, 0) is 36.2 Å². The quantitative estimate of drug-likeness (QED) is 0.336. The number of benzene rings is 3. The fourth-order valence-corrected chi connectivity index (χ4v) is 5.53. The van der Waals surface area contributed by atoms with Gasteiger partial charge in [0, 0.05) is 55.0 Å². The Morgan fingerprint density at radius 1 is 0.829 bits per heavy atom. The van der Waals surface area contributed by atoms with Crippen LogP contribution in [0.15, 0.2) is 82.4 Å². The molecule has 1 aromatic heterocycles. The number of halogens is 3. The number of nitrogens with zero attached hydrogens (tertiary/aromatic N) is 4. The van der Waals surface area contributed by atoms with Gasteiger partial charge in [-0.1, -0.05) is 66.2 Å². The van der Waals surface area contributed by atoms with Crippen molar-refractivity contribution in [1.29, 1.82) is 0 Å². The maximum Gasteiger partial charge on any atom is 0.331 e. The minimum Gasteiger partial charge on any atom is -0.363 e. The van der Waals surface area contributed by atoms with Gasteiger partial charge in [0.15, 0.2) is 0 Å². The summed E-state index contributed by atoms with van der Waals surface area (Å²) in [4.78, 5) is 31.8. The standard InChI is InChI=1S/C31H32ClF2N5O2/c1-21-29(37-16-14-36(15-17-37)18-23-10-5-6-11-25(23)32)30(40)39(20-28(35)22-8-3-2-4-9-22)31(41)38(21)19-24-26(33)12-7-13-27(24)34/h2-13,28H,14-20,35H2,1H3. The average Bonchev–Trinajstić information content (AvgIpc) is 2.97. The van der Waals surface area contributed by atoms with E-state index in [1.807, 2.05) is 59.5 Å². The highest BCUT2D eigenvalue weighted by molar-refractivity contribution is 6.31. The lowest BCUT2D eigenvalue weighted by molar-refractivity contribution is 0.249. The molecule has 3 aromatic carbocycles. The van der Waals surface area contributed by atoms with Gasteiger partial charge in [-0.2, -0.15) is 0 Å². The number of anilines is 1. The maximum atomic E-state index is 14.6. The van der Waals surface area contributed by atoms with Crippen molar-refractivity contribution in [3.05, 3.63) is 133 Å². The first-order valence-electron chi connectivity index (χ1n) is 13.5. The summed E-state index contributed by atoms with van der Waals surface area (Å²) < 4.78 is 31.7. The second-order valence-corrected chi connectivity index (χ2v) is 10.7. The summed E-state index contributed by atoms with van der Waals surface area (Å²) >= 11 is 6.36. The first-order chi connectivity index (χ1) is 19.7. The molecule has 5 rings (SSSR count). The van der Waals surface area contributed by atoms with E-state index in [1.165, 1.54) is 10.6 Å². The molecule has 1 aliphatic heterocycles. The molecule has 214 valence electrons. The van der Waals surface area contributed by atoms with Gasteiger partial charge < -0.3 is 10.6 Å². The number of nitrogens with two attached hydrogens (primary N) is 1. The Morgan fingerprint density at radius 3 is 2.12 bits per heavy atom. The average molecular weight is 580 g/mol. The number of piperazine rings is 1. The smallest absolute Gasteiger partial charge is 0.331 e. The van der Waals surface area contributed by atoms with Gasteiger partial charge in [0.25, 0.3) is 5.56 Å². The lowest BCUT2D eigenvalue weighted by Gasteiger charge is -2.37. The summed E-state index contributed by atoms with van der Waals surface area (Å²) in [5.41, 5.74) is 7.52. The van der Waals surface area contributed by atoms with Crippen LogP contribution in [0.5, 0.6) is 0 Å². The second kappa shape index (κ2) is 12.4. The topological polar surface area (TPSA) is 76.5 Å². The molecule has 0 saturated carbocycles. The molecule has 0 aliphatic carbocycles. The Kier molecular flexibility index (Phi) is 8.68. The molecule has 2 heterocycles. The highest BCUT2D eigenvalue weighted by Gasteiger charge is 2.27. The Bertz CT molecular complexity index is 1630. The third-order valence-electron chi connectivity index (χ3n) is 7.68. The van der Waals surface area contributed by atoms with Crippen molar-refractivity contribution in [1.82, 2.24) is 14.0 Å². The van der Waals surface area contributed by atoms with Gasteiger partial charge in [0.2, 0.25) is 0 Å². The van der Waals surface area contributed by atoms with Crippen LogP contribution in [0.25, 0.3) is 0 Å². The fourth-order valence-electron chi connectivity index (χ4n) is 5.34. The molecule has 1 fully saturated rings. The van der Waals surface area contributed by atoms with Crippen molar-refractivity contribution in [3.8, 4) is 0 Å². The van der Waals surface area contributed by atoms with E-state index in [0.717, 1.165) is 27.8 Å². The number of hydrogen-bond acceptors (Lipinski definition) is 5. The molecule has 0 amide bonds. The Hall–Kier alpha value is -3.79. The van der Waals surface area contributed by atoms with Gasteiger partial charge in [-0.15, -0.1) is 0 Å². The van der Waals surface area contributed by atoms with Gasteiger partial charge >= 0.3 is 5.69 Å². The summed E-state index contributed by atoms with van der Waals surface area (Å²) in [6.45, 7) is 4.26. The Balaban J connectivity index is 1.50. The van der Waals surface area contributed by atoms with Crippen LogP contribution in [0, 0.1) is 18.6 Å². The molecule has 41 heavy (non-hydrogen) atoms. The molecule has 10 heteroatoms. The van der Waals surface area contributed by atoms with Crippen LogP contribution >= 0.6 is 11.6 Å². The Morgan fingerprint density at radius 2 is 1.46 bits per heavy atom. The van der Waals surface area contributed by atoms with Gasteiger partial charge in [-0.3, -0.25) is 18.8 Å². The van der Waals surface area contributed by atoms with Crippen molar-refractivity contribution in [3.63, 3.8) is 0 Å². The van der Waals surface area contributed by atoms with Crippen LogP contribution in [0.1, 0.15) is 28.4 Å². The van der Waals surface area contributed by atoms with Gasteiger partial charge in [0.05, 0.1) is 13.1 Å².